The fourth-order valence-corrected chi connectivity index (χ4v) is 3.50. The summed E-state index contributed by atoms with van der Waals surface area (Å²) in [5.41, 5.74) is 0.594. The van der Waals surface area contributed by atoms with Crippen LogP contribution in [0.1, 0.15) is 13.3 Å². The zero-order valence-electron chi connectivity index (χ0n) is 13.2. The Labute approximate surface area is 144 Å². The molecule has 2 aliphatic rings. The molecule has 0 spiro atoms. The zero-order chi connectivity index (χ0) is 16.4. The summed E-state index contributed by atoms with van der Waals surface area (Å²) in [7, 11) is 0. The summed E-state index contributed by atoms with van der Waals surface area (Å²) in [5, 5.41) is 2.98. The van der Waals surface area contributed by atoms with Gasteiger partial charge in [-0.15, -0.1) is 0 Å². The normalized spacial score (nSPS) is 23.9. The lowest BCUT2D eigenvalue weighted by Gasteiger charge is -2.42. The van der Waals surface area contributed by atoms with Crippen LogP contribution in [0, 0.1) is 0 Å². The van der Waals surface area contributed by atoms with Crippen molar-refractivity contribution in [3.05, 3.63) is 28.7 Å². The van der Waals surface area contributed by atoms with Crippen LogP contribution in [-0.4, -0.2) is 60.6 Å². The van der Waals surface area contributed by atoms with Crippen molar-refractivity contribution in [1.82, 2.24) is 15.1 Å². The van der Waals surface area contributed by atoms with Gasteiger partial charge in [-0.25, -0.2) is 9.69 Å². The van der Waals surface area contributed by atoms with Gasteiger partial charge in [0, 0.05) is 30.7 Å². The number of nitrogens with zero attached hydrogens (tertiary/aromatic N) is 3. The number of hydrogen-bond acceptors (Lipinski definition) is 4. The van der Waals surface area contributed by atoms with E-state index in [1.807, 2.05) is 12.1 Å². The maximum atomic E-state index is 12.5. The van der Waals surface area contributed by atoms with Crippen LogP contribution in [0.4, 0.5) is 10.5 Å². The van der Waals surface area contributed by atoms with Crippen molar-refractivity contribution in [3.63, 3.8) is 0 Å². The Hall–Kier alpha value is -1.44. The van der Waals surface area contributed by atoms with Crippen LogP contribution in [0.3, 0.4) is 0 Å². The lowest BCUT2D eigenvalue weighted by atomic mass is 10.1. The number of imide groups is 1. The second-order valence-corrected chi connectivity index (χ2v) is 6.76. The topological polar surface area (TPSA) is 55.9 Å². The Morgan fingerprint density at radius 3 is 2.57 bits per heavy atom. The number of hydrogen-bond donors (Lipinski definition) is 1. The number of halogens is 1. The molecule has 2 heterocycles. The number of urea groups is 1. The monoisotopic (exact) mass is 380 g/mol. The number of anilines is 1. The molecule has 124 valence electrons. The number of amides is 3. The first kappa shape index (κ1) is 16.4. The van der Waals surface area contributed by atoms with Gasteiger partial charge in [-0.2, -0.15) is 0 Å². The summed E-state index contributed by atoms with van der Waals surface area (Å²) in [6, 6.07) is 6.88. The first-order valence-corrected chi connectivity index (χ1v) is 8.73. The molecule has 23 heavy (non-hydrogen) atoms. The summed E-state index contributed by atoms with van der Waals surface area (Å²) < 4.78 is 0.841. The van der Waals surface area contributed by atoms with E-state index in [0.717, 1.165) is 37.2 Å². The quantitative estimate of drug-likeness (QED) is 0.869. The van der Waals surface area contributed by atoms with Gasteiger partial charge >= 0.3 is 6.03 Å². The molecule has 2 saturated heterocycles. The molecular formula is C16H21BrN4O2. The molecule has 3 amide bonds. The van der Waals surface area contributed by atoms with Crippen LogP contribution < -0.4 is 10.2 Å². The van der Waals surface area contributed by atoms with Gasteiger partial charge in [0.25, 0.3) is 0 Å². The van der Waals surface area contributed by atoms with E-state index >= 15 is 0 Å². The Kier molecular flexibility index (Phi) is 4.99. The van der Waals surface area contributed by atoms with Crippen molar-refractivity contribution in [3.8, 4) is 0 Å². The predicted molar refractivity (Wildman–Crippen MR) is 92.3 cm³/mol. The average Bonchev–Trinajstić information content (AvgIpc) is 2.54. The van der Waals surface area contributed by atoms with E-state index in [0.29, 0.717) is 12.1 Å². The van der Waals surface area contributed by atoms with Crippen molar-refractivity contribution < 1.29 is 9.59 Å². The molecule has 0 aromatic heterocycles. The highest BCUT2D eigenvalue weighted by molar-refractivity contribution is 9.10. The molecule has 2 aliphatic heterocycles. The van der Waals surface area contributed by atoms with E-state index in [2.05, 4.69) is 38.0 Å². The molecule has 0 saturated carbocycles. The number of piperazine rings is 1. The molecule has 0 radical (unpaired) electrons. The zero-order valence-corrected chi connectivity index (χ0v) is 14.8. The van der Waals surface area contributed by atoms with Crippen molar-refractivity contribution in [1.29, 1.82) is 0 Å². The van der Waals surface area contributed by atoms with Gasteiger partial charge in [-0.05, 0) is 24.7 Å². The van der Waals surface area contributed by atoms with E-state index in [-0.39, 0.29) is 18.1 Å². The SMILES string of the molecule is CCN1CCN(C2CC(=O)N(c3cccc(Br)c3)C(=O)N2)CC1. The van der Waals surface area contributed by atoms with Crippen molar-refractivity contribution >= 4 is 33.6 Å². The first-order chi connectivity index (χ1) is 11.1. The minimum Gasteiger partial charge on any atom is -0.321 e. The van der Waals surface area contributed by atoms with E-state index < -0.39 is 0 Å². The lowest BCUT2D eigenvalue weighted by molar-refractivity contribution is -0.120. The lowest BCUT2D eigenvalue weighted by Crippen LogP contribution is -2.63. The number of nitrogens with one attached hydrogen (secondary N) is 1. The van der Waals surface area contributed by atoms with Gasteiger partial charge in [-0.1, -0.05) is 28.9 Å². The number of rotatable bonds is 3. The minimum atomic E-state index is -0.345. The third kappa shape index (κ3) is 3.57. The molecule has 0 aliphatic carbocycles. The van der Waals surface area contributed by atoms with Crippen LogP contribution in [-0.2, 0) is 4.79 Å². The average molecular weight is 381 g/mol. The predicted octanol–water partition coefficient (Wildman–Crippen LogP) is 1.86. The van der Waals surface area contributed by atoms with E-state index in [4.69, 9.17) is 0 Å². The summed E-state index contributed by atoms with van der Waals surface area (Å²) >= 11 is 3.37. The maximum absolute atomic E-state index is 12.5. The van der Waals surface area contributed by atoms with Crippen molar-refractivity contribution in [2.75, 3.05) is 37.6 Å². The number of carbonyl (C=O) groups is 2. The summed E-state index contributed by atoms with van der Waals surface area (Å²) in [4.78, 5) is 30.7. The molecule has 1 aromatic rings. The molecule has 7 heteroatoms. The fourth-order valence-electron chi connectivity index (χ4n) is 3.12. The van der Waals surface area contributed by atoms with Gasteiger partial charge in [0.15, 0.2) is 0 Å². The highest BCUT2D eigenvalue weighted by Crippen LogP contribution is 2.24. The Morgan fingerprint density at radius 2 is 1.96 bits per heavy atom. The maximum Gasteiger partial charge on any atom is 0.329 e. The second-order valence-electron chi connectivity index (χ2n) is 5.85. The molecule has 3 rings (SSSR count). The molecule has 0 bridgehead atoms. The third-order valence-electron chi connectivity index (χ3n) is 4.47. The second kappa shape index (κ2) is 6.98. The third-order valence-corrected chi connectivity index (χ3v) is 4.97. The van der Waals surface area contributed by atoms with Gasteiger partial charge in [-0.3, -0.25) is 9.69 Å². The van der Waals surface area contributed by atoms with E-state index in [1.165, 1.54) is 4.90 Å². The van der Waals surface area contributed by atoms with Gasteiger partial charge < -0.3 is 10.2 Å². The molecule has 1 unspecified atom stereocenters. The van der Waals surface area contributed by atoms with Gasteiger partial charge in [0.1, 0.15) is 0 Å². The smallest absolute Gasteiger partial charge is 0.321 e. The standard InChI is InChI=1S/C16H21BrN4O2/c1-2-19-6-8-20(9-7-19)14-11-15(22)21(16(23)18-14)13-5-3-4-12(17)10-13/h3-5,10,14H,2,6-9,11H2,1H3,(H,18,23). The molecule has 2 fully saturated rings. The number of carbonyl (C=O) groups excluding carboxylic acids is 2. The highest BCUT2D eigenvalue weighted by atomic mass is 79.9. The first-order valence-electron chi connectivity index (χ1n) is 7.94. The van der Waals surface area contributed by atoms with Crippen molar-refractivity contribution in [2.24, 2.45) is 0 Å². The van der Waals surface area contributed by atoms with E-state index in [9.17, 15) is 9.59 Å². The number of benzene rings is 1. The fraction of sp³-hybridized carbons (Fsp3) is 0.500. The molecule has 1 atom stereocenters. The van der Waals surface area contributed by atoms with E-state index in [1.54, 1.807) is 12.1 Å². The Morgan fingerprint density at radius 1 is 1.22 bits per heavy atom. The Balaban J connectivity index is 1.68. The molecule has 1 aromatic carbocycles. The molecule has 1 N–H and O–H groups in total. The summed E-state index contributed by atoms with van der Waals surface area (Å²) in [6.07, 6.45) is 0.113. The highest BCUT2D eigenvalue weighted by Gasteiger charge is 2.36. The molecular weight excluding hydrogens is 360 g/mol. The van der Waals surface area contributed by atoms with Crippen LogP contribution >= 0.6 is 15.9 Å². The van der Waals surface area contributed by atoms with Crippen LogP contribution in [0.2, 0.25) is 0 Å². The summed E-state index contributed by atoms with van der Waals surface area (Å²) in [5.74, 6) is -0.158. The number of likely N-dealkylation sites (N-methyl/N-ethyl adjacent to an activating group) is 1. The van der Waals surface area contributed by atoms with Crippen LogP contribution in [0.15, 0.2) is 28.7 Å². The Bertz CT molecular complexity index is 583. The minimum absolute atomic E-state index is 0.158. The molecule has 6 nitrogen and oxygen atoms in total. The largest absolute Gasteiger partial charge is 0.329 e. The van der Waals surface area contributed by atoms with Gasteiger partial charge in [0.2, 0.25) is 5.91 Å². The van der Waals surface area contributed by atoms with Crippen LogP contribution in [0.5, 0.6) is 0 Å². The van der Waals surface area contributed by atoms with Crippen LogP contribution in [0.25, 0.3) is 0 Å². The van der Waals surface area contributed by atoms with Gasteiger partial charge in [0.05, 0.1) is 18.3 Å². The summed E-state index contributed by atoms with van der Waals surface area (Å²) in [6.45, 7) is 6.91. The van der Waals surface area contributed by atoms with Crippen molar-refractivity contribution in [2.45, 2.75) is 19.5 Å².